The van der Waals surface area contributed by atoms with Crippen LogP contribution in [0.15, 0.2) is 0 Å². The maximum absolute atomic E-state index is 12.2. The molecular formula is C6H9F6NaO5S2. The molecule has 0 saturated heterocycles. The fourth-order valence-electron chi connectivity index (χ4n) is 0.997. The molecule has 5 nitrogen and oxygen atoms in total. The number of alkyl halides is 6. The molecule has 0 heterocycles. The summed E-state index contributed by atoms with van der Waals surface area (Å²) in [5, 5.41) is 8.72. The number of hydrogen-bond donors (Lipinski definition) is 1. The topological polar surface area (TPSA) is 88.5 Å². The molecule has 0 rings (SSSR count). The van der Waals surface area contributed by atoms with Gasteiger partial charge in [0.05, 0.1) is 6.10 Å². The molecule has 0 fully saturated rings. The van der Waals surface area contributed by atoms with E-state index in [0.29, 0.717) is 6.92 Å². The second kappa shape index (κ2) is 6.69. The standard InChI is InChI=1S/C6H8F6O5S2.Na.H/c1-3(13)2-4(18(14,15)5(7,8)9)19(16,17)6(10,11)12;;/h3-4,13H,2H2,1H3;;. The minimum atomic E-state index is -6.64. The molecule has 0 aliphatic heterocycles. The molecule has 0 spiro atoms. The Morgan fingerprint density at radius 3 is 1.30 bits per heavy atom. The van der Waals surface area contributed by atoms with Gasteiger partial charge in [0.1, 0.15) is 0 Å². The average Bonchev–Trinajstić information content (AvgIpc) is 2.09. The van der Waals surface area contributed by atoms with Gasteiger partial charge in [-0.05, 0) is 6.92 Å². The van der Waals surface area contributed by atoms with E-state index in [2.05, 4.69) is 0 Å². The fraction of sp³-hybridized carbons (Fsp3) is 1.00. The van der Waals surface area contributed by atoms with Crippen LogP contribution in [-0.4, -0.2) is 73.2 Å². The molecule has 1 N–H and O–H groups in total. The summed E-state index contributed by atoms with van der Waals surface area (Å²) in [6, 6.07) is 0. The molecule has 0 aromatic rings. The van der Waals surface area contributed by atoms with Crippen LogP contribution in [0, 0.1) is 0 Å². The van der Waals surface area contributed by atoms with E-state index in [9.17, 15) is 43.2 Å². The van der Waals surface area contributed by atoms with Crippen molar-refractivity contribution in [2.75, 3.05) is 0 Å². The summed E-state index contributed by atoms with van der Waals surface area (Å²) in [5.41, 5.74) is -12.4. The summed E-state index contributed by atoms with van der Waals surface area (Å²) < 4.78 is 113. The molecule has 0 aliphatic carbocycles. The Morgan fingerprint density at radius 2 is 1.15 bits per heavy atom. The molecule has 0 amide bonds. The molecule has 0 radical (unpaired) electrons. The molecule has 0 saturated carbocycles. The van der Waals surface area contributed by atoms with Gasteiger partial charge in [0, 0.05) is 6.42 Å². The summed E-state index contributed by atoms with van der Waals surface area (Å²) >= 11 is 0. The zero-order chi connectivity index (χ0) is 15.9. The quantitative estimate of drug-likeness (QED) is 0.574. The normalized spacial score (nSPS) is 15.8. The van der Waals surface area contributed by atoms with Crippen molar-refractivity contribution >= 4 is 49.2 Å². The van der Waals surface area contributed by atoms with Crippen molar-refractivity contribution in [1.82, 2.24) is 0 Å². The first-order chi connectivity index (χ1) is 8.05. The van der Waals surface area contributed by atoms with Gasteiger partial charge in [-0.3, -0.25) is 0 Å². The zero-order valence-electron chi connectivity index (χ0n) is 9.03. The predicted molar refractivity (Wildman–Crippen MR) is 57.2 cm³/mol. The van der Waals surface area contributed by atoms with Crippen LogP contribution >= 0.6 is 0 Å². The van der Waals surface area contributed by atoms with Crippen molar-refractivity contribution in [1.29, 1.82) is 0 Å². The van der Waals surface area contributed by atoms with Gasteiger partial charge in [0.15, 0.2) is 4.58 Å². The summed E-state index contributed by atoms with van der Waals surface area (Å²) in [4.78, 5) is 0. The van der Waals surface area contributed by atoms with Gasteiger partial charge in [0.2, 0.25) is 0 Å². The Bertz CT molecular complexity index is 475. The molecule has 1 atom stereocenters. The molecule has 0 bridgehead atoms. The van der Waals surface area contributed by atoms with Crippen LogP contribution in [-0.2, 0) is 19.7 Å². The monoisotopic (exact) mass is 362 g/mol. The third-order valence-electron chi connectivity index (χ3n) is 1.87. The van der Waals surface area contributed by atoms with E-state index in [1.807, 2.05) is 0 Å². The SMILES string of the molecule is CC(O)CC(S(=O)(=O)C(F)(F)F)S(=O)(=O)C(F)(F)F.[NaH]. The summed E-state index contributed by atoms with van der Waals surface area (Å²) in [7, 11) is -13.3. The number of aliphatic hydroxyl groups excluding tert-OH is 1. The van der Waals surface area contributed by atoms with Gasteiger partial charge in [-0.2, -0.15) is 26.3 Å². The van der Waals surface area contributed by atoms with E-state index in [4.69, 9.17) is 5.11 Å². The molecular weight excluding hydrogens is 353 g/mol. The van der Waals surface area contributed by atoms with Gasteiger partial charge in [-0.1, -0.05) is 0 Å². The van der Waals surface area contributed by atoms with E-state index in [1.54, 1.807) is 0 Å². The van der Waals surface area contributed by atoms with Gasteiger partial charge in [-0.25, -0.2) is 16.8 Å². The average molecular weight is 362 g/mol. The Morgan fingerprint density at radius 1 is 0.900 bits per heavy atom. The Hall–Kier alpha value is 0.440. The van der Waals surface area contributed by atoms with Crippen LogP contribution in [0.25, 0.3) is 0 Å². The summed E-state index contributed by atoms with van der Waals surface area (Å²) in [6.07, 6.45) is -3.75. The Kier molecular flexibility index (Phi) is 7.60. The fourth-order valence-corrected chi connectivity index (χ4v) is 4.65. The van der Waals surface area contributed by atoms with Gasteiger partial charge < -0.3 is 5.11 Å². The third-order valence-corrected chi connectivity index (χ3v) is 6.45. The Balaban J connectivity index is 0. The van der Waals surface area contributed by atoms with Crippen LogP contribution in [0.5, 0.6) is 0 Å². The first-order valence-electron chi connectivity index (χ1n) is 4.33. The molecule has 118 valence electrons. The van der Waals surface area contributed by atoms with Crippen LogP contribution in [0.3, 0.4) is 0 Å². The zero-order valence-corrected chi connectivity index (χ0v) is 10.7. The second-order valence-electron chi connectivity index (χ2n) is 3.50. The number of rotatable bonds is 4. The molecule has 20 heavy (non-hydrogen) atoms. The number of hydrogen-bond acceptors (Lipinski definition) is 5. The number of halogens is 6. The first kappa shape index (κ1) is 22.7. The van der Waals surface area contributed by atoms with Crippen molar-refractivity contribution in [2.24, 2.45) is 0 Å². The van der Waals surface area contributed by atoms with Crippen molar-refractivity contribution in [2.45, 2.75) is 35.0 Å². The Labute approximate surface area is 132 Å². The molecule has 0 aromatic heterocycles. The van der Waals surface area contributed by atoms with E-state index in [-0.39, 0.29) is 29.6 Å². The minimum absolute atomic E-state index is 0. The van der Waals surface area contributed by atoms with E-state index < -0.39 is 47.8 Å². The number of aliphatic hydroxyl groups is 1. The van der Waals surface area contributed by atoms with Gasteiger partial charge >= 0.3 is 40.6 Å². The van der Waals surface area contributed by atoms with E-state index in [1.165, 1.54) is 0 Å². The van der Waals surface area contributed by atoms with E-state index in [0.717, 1.165) is 0 Å². The van der Waals surface area contributed by atoms with Crippen molar-refractivity contribution in [3.63, 3.8) is 0 Å². The van der Waals surface area contributed by atoms with Crippen LogP contribution < -0.4 is 0 Å². The van der Waals surface area contributed by atoms with Crippen LogP contribution in [0.1, 0.15) is 13.3 Å². The second-order valence-corrected chi connectivity index (χ2v) is 8.04. The first-order valence-corrected chi connectivity index (χ1v) is 7.42. The summed E-state index contributed by atoms with van der Waals surface area (Å²) in [6.45, 7) is 0.658. The third kappa shape index (κ3) is 4.73. The molecule has 1 unspecified atom stereocenters. The van der Waals surface area contributed by atoms with Crippen molar-refractivity contribution in [3.8, 4) is 0 Å². The van der Waals surface area contributed by atoms with Crippen LogP contribution in [0.2, 0.25) is 0 Å². The van der Waals surface area contributed by atoms with Gasteiger partial charge in [0.25, 0.3) is 19.7 Å². The number of sulfone groups is 2. The van der Waals surface area contributed by atoms with E-state index >= 15 is 0 Å². The maximum atomic E-state index is 12.2. The van der Waals surface area contributed by atoms with Crippen molar-refractivity contribution in [3.05, 3.63) is 0 Å². The molecule has 14 heteroatoms. The van der Waals surface area contributed by atoms with Crippen molar-refractivity contribution < 1.29 is 48.3 Å². The van der Waals surface area contributed by atoms with Crippen LogP contribution in [0.4, 0.5) is 26.3 Å². The predicted octanol–water partition coefficient (Wildman–Crippen LogP) is 0.304. The summed E-state index contributed by atoms with van der Waals surface area (Å²) in [5.74, 6) is 0. The van der Waals surface area contributed by atoms with Gasteiger partial charge in [-0.15, -0.1) is 0 Å². The molecule has 0 aliphatic rings. The molecule has 0 aromatic carbocycles.